The van der Waals surface area contributed by atoms with Crippen molar-refractivity contribution >= 4 is 20.0 Å². The first-order valence-electron chi connectivity index (χ1n) is 19.0. The molecule has 5 atom stereocenters. The fraction of sp³-hybridized carbons (Fsp3) is 0.452. The van der Waals surface area contributed by atoms with E-state index in [0.29, 0.717) is 11.5 Å². The zero-order valence-electron chi connectivity index (χ0n) is 34.0. The molecule has 0 spiro atoms. The van der Waals surface area contributed by atoms with Crippen LogP contribution in [0.3, 0.4) is 0 Å². The smallest absolute Gasteiger partial charge is 0.409 e. The number of amides is 1. The second kappa shape index (κ2) is 19.6. The number of ether oxygens (including phenoxy) is 4. The summed E-state index contributed by atoms with van der Waals surface area (Å²) in [7, 11) is 2.85. The topological polar surface area (TPSA) is 147 Å². The molecule has 2 unspecified atom stereocenters. The number of nitrogens with one attached hydrogen (secondary N) is 1. The van der Waals surface area contributed by atoms with Gasteiger partial charge in [-0.15, -0.1) is 0 Å². The van der Waals surface area contributed by atoms with Gasteiger partial charge in [-0.05, 0) is 68.7 Å². The third-order valence-electron chi connectivity index (χ3n) is 9.62. The van der Waals surface area contributed by atoms with E-state index in [1.54, 1.807) is 41.2 Å². The van der Waals surface area contributed by atoms with Crippen LogP contribution in [-0.2, 0) is 33.5 Å². The van der Waals surface area contributed by atoms with Crippen molar-refractivity contribution in [1.82, 2.24) is 19.8 Å². The van der Waals surface area contributed by atoms with Gasteiger partial charge >= 0.3 is 7.75 Å². The first-order valence-corrected chi connectivity index (χ1v) is 20.5. The van der Waals surface area contributed by atoms with Gasteiger partial charge in [0.05, 0.1) is 46.3 Å². The van der Waals surface area contributed by atoms with Crippen LogP contribution in [0.15, 0.2) is 96.1 Å². The van der Waals surface area contributed by atoms with Crippen molar-refractivity contribution in [2.45, 2.75) is 82.9 Å². The third kappa shape index (κ3) is 10.2. The molecule has 1 amide bonds. The number of nitrogens with zero attached hydrogens (tertiary/aromatic N) is 5. The Bertz CT molecular complexity index is 1850. The van der Waals surface area contributed by atoms with E-state index in [4.69, 9.17) is 28.0 Å². The summed E-state index contributed by atoms with van der Waals surface area (Å²) in [5.74, 6) is 1.07. The molecule has 3 aromatic rings. The molecular formula is C42H55N6O8P. The molecule has 1 fully saturated rings. The molecule has 2 heterocycles. The van der Waals surface area contributed by atoms with Gasteiger partial charge in [0, 0.05) is 44.9 Å². The van der Waals surface area contributed by atoms with Crippen LogP contribution >= 0.6 is 7.75 Å². The Morgan fingerprint density at radius 3 is 2.07 bits per heavy atom. The van der Waals surface area contributed by atoms with E-state index in [0.717, 1.165) is 16.7 Å². The van der Waals surface area contributed by atoms with Crippen molar-refractivity contribution in [1.29, 1.82) is 5.26 Å². The van der Waals surface area contributed by atoms with Crippen molar-refractivity contribution < 1.29 is 37.4 Å². The highest BCUT2D eigenvalue weighted by molar-refractivity contribution is 7.51. The van der Waals surface area contributed by atoms with E-state index in [9.17, 15) is 10.1 Å². The zero-order chi connectivity index (χ0) is 41.2. The fourth-order valence-electron chi connectivity index (χ4n) is 7.17. The van der Waals surface area contributed by atoms with E-state index in [2.05, 4.69) is 16.4 Å². The number of hydrogen-bond donors (Lipinski definition) is 1. The van der Waals surface area contributed by atoms with Crippen molar-refractivity contribution in [2.24, 2.45) is 4.99 Å². The fourth-order valence-corrected chi connectivity index (χ4v) is 9.49. The first kappa shape index (κ1) is 43.4. The van der Waals surface area contributed by atoms with Crippen molar-refractivity contribution in [3.05, 3.63) is 108 Å². The summed E-state index contributed by atoms with van der Waals surface area (Å²) in [5.41, 5.74) is 1.31. The Morgan fingerprint density at radius 1 is 0.965 bits per heavy atom. The van der Waals surface area contributed by atoms with Gasteiger partial charge in [0.25, 0.3) is 0 Å². The second-order valence-electron chi connectivity index (χ2n) is 14.5. The predicted octanol–water partition coefficient (Wildman–Crippen LogP) is 6.49. The van der Waals surface area contributed by atoms with Gasteiger partial charge in [-0.2, -0.15) is 5.26 Å². The minimum atomic E-state index is -4.06. The van der Waals surface area contributed by atoms with Gasteiger partial charge in [0.15, 0.2) is 0 Å². The van der Waals surface area contributed by atoms with Crippen LogP contribution < -0.4 is 14.8 Å². The van der Waals surface area contributed by atoms with E-state index >= 15 is 4.57 Å². The quantitative estimate of drug-likeness (QED) is 0.0465. The minimum absolute atomic E-state index is 0.0286. The summed E-state index contributed by atoms with van der Waals surface area (Å²) in [6, 6.07) is 26.9. The lowest BCUT2D eigenvalue weighted by Crippen LogP contribution is -2.51. The van der Waals surface area contributed by atoms with Crippen LogP contribution in [-0.4, -0.2) is 105 Å². The number of carbonyl (C=O) groups is 1. The molecule has 2 aliphatic heterocycles. The maximum Gasteiger partial charge on any atom is 0.409 e. The Balaban J connectivity index is 1.62. The highest BCUT2D eigenvalue weighted by Gasteiger charge is 2.49. The van der Waals surface area contributed by atoms with Crippen molar-refractivity contribution in [3.8, 4) is 17.6 Å². The lowest BCUT2D eigenvalue weighted by Gasteiger charge is -2.39. The molecule has 0 radical (unpaired) electrons. The van der Waals surface area contributed by atoms with E-state index in [-0.39, 0.29) is 44.0 Å². The second-order valence-corrected chi connectivity index (χ2v) is 16.3. The van der Waals surface area contributed by atoms with Crippen molar-refractivity contribution in [3.63, 3.8) is 0 Å². The lowest BCUT2D eigenvalue weighted by atomic mass is 9.80. The molecule has 306 valence electrons. The average Bonchev–Trinajstić information content (AvgIpc) is 3.59. The van der Waals surface area contributed by atoms with Gasteiger partial charge in [0.2, 0.25) is 12.2 Å². The van der Waals surface area contributed by atoms with E-state index in [1.165, 1.54) is 6.08 Å². The molecule has 0 saturated carbocycles. The zero-order valence-corrected chi connectivity index (χ0v) is 34.9. The molecule has 0 aliphatic carbocycles. The number of methoxy groups -OCH3 is 2. The van der Waals surface area contributed by atoms with E-state index in [1.807, 2.05) is 121 Å². The molecule has 1 saturated heterocycles. The lowest BCUT2D eigenvalue weighted by molar-refractivity contribution is -0.126. The Morgan fingerprint density at radius 2 is 1.54 bits per heavy atom. The van der Waals surface area contributed by atoms with Gasteiger partial charge in [0.1, 0.15) is 35.5 Å². The van der Waals surface area contributed by atoms with Gasteiger partial charge in [-0.1, -0.05) is 54.6 Å². The number of hydrogen-bond acceptors (Lipinski definition) is 11. The summed E-state index contributed by atoms with van der Waals surface area (Å²) in [6.07, 6.45) is 1.76. The van der Waals surface area contributed by atoms with Crippen molar-refractivity contribution in [2.75, 3.05) is 41.5 Å². The molecule has 0 aromatic heterocycles. The van der Waals surface area contributed by atoms with E-state index < -0.39 is 38.1 Å². The Hall–Kier alpha value is -4.74. The SMILES string of the molecule is COc1ccc(C(OC[C@H]2O[C@@H](N3C=CC(=O)NC3/N=C/N(C)C)C[C@@H]2OP(=O)(OCCC#N)N(C(C)C)C(C)C)(c2ccccc2)c2ccc(OC)cc2)cc1. The molecule has 1 N–H and O–H groups in total. The largest absolute Gasteiger partial charge is 0.497 e. The number of aliphatic imine (C=N–C) groups is 1. The number of rotatable bonds is 19. The normalized spacial score (nSPS) is 20.9. The average molecular weight is 803 g/mol. The Kier molecular flexibility index (Phi) is 14.9. The highest BCUT2D eigenvalue weighted by Crippen LogP contribution is 2.57. The third-order valence-corrected chi connectivity index (χ3v) is 12.2. The number of benzene rings is 3. The monoisotopic (exact) mass is 802 g/mol. The maximum absolute atomic E-state index is 15.1. The molecule has 0 bridgehead atoms. The van der Waals surface area contributed by atoms with Crippen LogP contribution in [0.4, 0.5) is 0 Å². The van der Waals surface area contributed by atoms with Gasteiger partial charge in [-0.25, -0.2) is 14.2 Å². The summed E-state index contributed by atoms with van der Waals surface area (Å²) >= 11 is 0. The first-order chi connectivity index (χ1) is 27.3. The molecule has 57 heavy (non-hydrogen) atoms. The molecule has 14 nitrogen and oxygen atoms in total. The summed E-state index contributed by atoms with van der Waals surface area (Å²) in [5, 5.41) is 12.2. The van der Waals surface area contributed by atoms with Gasteiger partial charge < -0.3 is 34.1 Å². The molecule has 15 heteroatoms. The molecule has 5 rings (SSSR count). The number of carbonyl (C=O) groups excluding carboxylic acids is 1. The van der Waals surface area contributed by atoms with Crippen LogP contribution in [0.5, 0.6) is 11.5 Å². The highest BCUT2D eigenvalue weighted by atomic mass is 31.2. The summed E-state index contributed by atoms with van der Waals surface area (Å²) in [4.78, 5) is 20.7. The molecule has 2 aliphatic rings. The minimum Gasteiger partial charge on any atom is -0.497 e. The standard InChI is InChI=1S/C42H55N6O8P/c1-30(2)48(31(3)4)57(50,54-26-12-24-43)56-37-27-40(47-25-23-39(49)45-41(47)44-29-46(5)6)55-38(37)28-53-42(32-13-10-9-11-14-32,33-15-19-35(51-7)20-16-33)34-17-21-36(52-8)22-18-34/h9-11,13-23,25,29-31,37-38,40-41H,12,26-28H2,1-8H3,(H,45,49)/b44-29+/t37-,38+,40+,41?,57?/m0/s1. The Labute approximate surface area is 336 Å². The van der Waals surface area contributed by atoms with Crippen LogP contribution in [0.25, 0.3) is 0 Å². The van der Waals surface area contributed by atoms with Gasteiger partial charge in [-0.3, -0.25) is 13.8 Å². The maximum atomic E-state index is 15.1. The van der Waals surface area contributed by atoms with Crippen LogP contribution in [0, 0.1) is 11.3 Å². The summed E-state index contributed by atoms with van der Waals surface area (Å²) < 4.78 is 54.7. The van der Waals surface area contributed by atoms with Crippen LogP contribution in [0.2, 0.25) is 0 Å². The van der Waals surface area contributed by atoms with Crippen LogP contribution in [0.1, 0.15) is 57.2 Å². The predicted molar refractivity (Wildman–Crippen MR) is 217 cm³/mol. The summed E-state index contributed by atoms with van der Waals surface area (Å²) in [6.45, 7) is 7.56. The number of nitriles is 1. The molecule has 3 aromatic carbocycles. The molecular weight excluding hydrogens is 747 g/mol.